The van der Waals surface area contributed by atoms with Gasteiger partial charge in [0.25, 0.3) is 5.56 Å². The first-order valence-corrected chi connectivity index (χ1v) is 12.7. The molecule has 2 aromatic rings. The molecular weight excluding hydrogens is 414 g/mol. The van der Waals surface area contributed by atoms with E-state index in [1.807, 2.05) is 18.2 Å². The van der Waals surface area contributed by atoms with Crippen molar-refractivity contribution in [1.82, 2.24) is 14.9 Å². The number of aryl methyl sites for hydroxylation is 1. The van der Waals surface area contributed by atoms with Crippen molar-refractivity contribution < 1.29 is 4.79 Å². The van der Waals surface area contributed by atoms with Crippen molar-refractivity contribution in [1.29, 1.82) is 0 Å². The highest BCUT2D eigenvalue weighted by Crippen LogP contribution is 2.34. The number of nitrogens with one attached hydrogen (secondary N) is 1. The molecule has 1 aliphatic heterocycles. The number of carbonyl (C=O) groups excluding carboxylic acids is 1. The third-order valence-corrected chi connectivity index (χ3v) is 7.92. The molecule has 160 valence electrons. The predicted octanol–water partition coefficient (Wildman–Crippen LogP) is 4.06. The highest BCUT2D eigenvalue weighted by molar-refractivity contribution is 8.00. The second-order valence-electron chi connectivity index (χ2n) is 8.19. The Morgan fingerprint density at radius 1 is 1.23 bits per heavy atom. The summed E-state index contributed by atoms with van der Waals surface area (Å²) in [6.07, 6.45) is 7.39. The number of hydrogen-bond acceptors (Lipinski definition) is 5. The molecule has 1 fully saturated rings. The highest BCUT2D eigenvalue weighted by atomic mass is 32.2. The lowest BCUT2D eigenvalue weighted by Gasteiger charge is -2.22. The monoisotopic (exact) mass is 443 g/mol. The molecule has 0 saturated heterocycles. The van der Waals surface area contributed by atoms with Crippen molar-refractivity contribution in [2.75, 3.05) is 5.75 Å². The molecule has 5 nitrogen and oxygen atoms in total. The van der Waals surface area contributed by atoms with E-state index < -0.39 is 0 Å². The SMILES string of the molecule is C[C@H]1Cc2nc(SCC(=O)NC3CCCCC3)n(CCc3ccccc3)c(=O)c2S1. The maximum absolute atomic E-state index is 13.2. The van der Waals surface area contributed by atoms with Gasteiger partial charge in [0.05, 0.1) is 16.3 Å². The number of hydrogen-bond donors (Lipinski definition) is 1. The Hall–Kier alpha value is -1.73. The average Bonchev–Trinajstić information content (AvgIpc) is 3.14. The van der Waals surface area contributed by atoms with E-state index >= 15 is 0 Å². The highest BCUT2D eigenvalue weighted by Gasteiger charge is 2.26. The van der Waals surface area contributed by atoms with E-state index in [4.69, 9.17) is 4.98 Å². The lowest BCUT2D eigenvalue weighted by Crippen LogP contribution is -2.37. The number of thioether (sulfide) groups is 2. The van der Waals surface area contributed by atoms with Gasteiger partial charge in [-0.25, -0.2) is 4.98 Å². The van der Waals surface area contributed by atoms with Crippen LogP contribution in [0.4, 0.5) is 0 Å². The molecule has 30 heavy (non-hydrogen) atoms. The zero-order chi connectivity index (χ0) is 20.9. The second-order valence-corrected chi connectivity index (χ2v) is 10.6. The maximum atomic E-state index is 13.2. The predicted molar refractivity (Wildman–Crippen MR) is 123 cm³/mol. The van der Waals surface area contributed by atoms with Crippen molar-refractivity contribution in [3.05, 3.63) is 51.9 Å². The fourth-order valence-corrected chi connectivity index (χ4v) is 6.14. The van der Waals surface area contributed by atoms with Crippen LogP contribution >= 0.6 is 23.5 Å². The van der Waals surface area contributed by atoms with Crippen LogP contribution in [0.5, 0.6) is 0 Å². The van der Waals surface area contributed by atoms with E-state index in [0.717, 1.165) is 36.3 Å². The number of rotatable bonds is 7. The molecule has 2 aliphatic rings. The molecule has 1 atom stereocenters. The summed E-state index contributed by atoms with van der Waals surface area (Å²) in [6, 6.07) is 10.5. The molecule has 1 amide bonds. The lowest BCUT2D eigenvalue weighted by atomic mass is 9.95. The van der Waals surface area contributed by atoms with Gasteiger partial charge in [0, 0.05) is 24.3 Å². The third-order valence-electron chi connectivity index (χ3n) is 5.73. The summed E-state index contributed by atoms with van der Waals surface area (Å²) in [5.41, 5.74) is 2.13. The Bertz CT molecular complexity index is 939. The van der Waals surface area contributed by atoms with Crippen LogP contribution in [0, 0.1) is 0 Å². The molecule has 1 aliphatic carbocycles. The molecule has 7 heteroatoms. The Balaban J connectivity index is 1.48. The summed E-state index contributed by atoms with van der Waals surface area (Å²) in [6.45, 7) is 2.70. The normalized spacial score (nSPS) is 18.9. The van der Waals surface area contributed by atoms with Gasteiger partial charge in [-0.1, -0.05) is 68.3 Å². The molecule has 0 unspecified atom stereocenters. The molecule has 1 aromatic carbocycles. The number of benzene rings is 1. The first-order chi connectivity index (χ1) is 14.6. The number of fused-ring (bicyclic) bond motifs is 1. The van der Waals surface area contributed by atoms with Crippen LogP contribution < -0.4 is 10.9 Å². The van der Waals surface area contributed by atoms with Gasteiger partial charge in [-0.3, -0.25) is 14.2 Å². The molecule has 0 spiro atoms. The minimum atomic E-state index is 0.0407. The summed E-state index contributed by atoms with van der Waals surface area (Å²) < 4.78 is 1.77. The standard InChI is InChI=1S/C23H29N3O2S2/c1-16-14-19-21(30-16)22(28)26(13-12-17-8-4-2-5-9-17)23(25-19)29-15-20(27)24-18-10-6-3-7-11-18/h2,4-5,8-9,16,18H,3,6-7,10-15H2,1H3,(H,24,27)/t16-/m0/s1. The Labute approximate surface area is 186 Å². The Morgan fingerprint density at radius 2 is 2.00 bits per heavy atom. The molecule has 0 radical (unpaired) electrons. The van der Waals surface area contributed by atoms with Crippen molar-refractivity contribution in [2.24, 2.45) is 0 Å². The fraction of sp³-hybridized carbons (Fsp3) is 0.522. The Kier molecular flexibility index (Phi) is 7.20. The van der Waals surface area contributed by atoms with Gasteiger partial charge in [0.15, 0.2) is 5.16 Å². The van der Waals surface area contributed by atoms with Crippen molar-refractivity contribution in [2.45, 2.75) is 79.8 Å². The van der Waals surface area contributed by atoms with Crippen LogP contribution in [0.25, 0.3) is 0 Å². The van der Waals surface area contributed by atoms with Crippen LogP contribution in [0.3, 0.4) is 0 Å². The summed E-state index contributed by atoms with van der Waals surface area (Å²) in [5, 5.41) is 4.20. The number of carbonyl (C=O) groups is 1. The summed E-state index contributed by atoms with van der Waals surface area (Å²) in [7, 11) is 0. The van der Waals surface area contributed by atoms with Crippen LogP contribution in [0.1, 0.15) is 50.3 Å². The smallest absolute Gasteiger partial charge is 0.268 e. The first-order valence-electron chi connectivity index (χ1n) is 10.9. The van der Waals surface area contributed by atoms with Crippen LogP contribution in [-0.2, 0) is 24.2 Å². The number of nitrogens with zero attached hydrogens (tertiary/aromatic N) is 2. The number of aromatic nitrogens is 2. The van der Waals surface area contributed by atoms with E-state index in [9.17, 15) is 9.59 Å². The fourth-order valence-electron chi connectivity index (χ4n) is 4.17. The van der Waals surface area contributed by atoms with E-state index in [0.29, 0.717) is 28.7 Å². The molecule has 2 heterocycles. The third kappa shape index (κ3) is 5.30. The van der Waals surface area contributed by atoms with E-state index in [1.54, 1.807) is 16.3 Å². The molecule has 1 aromatic heterocycles. The molecule has 0 bridgehead atoms. The van der Waals surface area contributed by atoms with E-state index in [1.165, 1.54) is 36.6 Å². The van der Waals surface area contributed by atoms with E-state index in [2.05, 4.69) is 24.4 Å². The summed E-state index contributed by atoms with van der Waals surface area (Å²) in [5.74, 6) is 0.342. The minimum absolute atomic E-state index is 0.0407. The zero-order valence-corrected chi connectivity index (χ0v) is 19.1. The van der Waals surface area contributed by atoms with Crippen LogP contribution in [0.2, 0.25) is 0 Å². The quantitative estimate of drug-likeness (QED) is 0.516. The largest absolute Gasteiger partial charge is 0.353 e. The summed E-state index contributed by atoms with van der Waals surface area (Å²) >= 11 is 3.02. The van der Waals surface area contributed by atoms with Crippen LogP contribution in [0.15, 0.2) is 45.2 Å². The van der Waals surface area contributed by atoms with Gasteiger partial charge in [-0.05, 0) is 24.8 Å². The zero-order valence-electron chi connectivity index (χ0n) is 17.4. The first kappa shape index (κ1) is 21.5. The van der Waals surface area contributed by atoms with E-state index in [-0.39, 0.29) is 11.5 Å². The topological polar surface area (TPSA) is 64.0 Å². The Morgan fingerprint density at radius 3 is 2.77 bits per heavy atom. The van der Waals surface area contributed by atoms with Crippen molar-refractivity contribution >= 4 is 29.4 Å². The van der Waals surface area contributed by atoms with Gasteiger partial charge in [-0.15, -0.1) is 11.8 Å². The summed E-state index contributed by atoms with van der Waals surface area (Å²) in [4.78, 5) is 31.3. The van der Waals surface area contributed by atoms with Gasteiger partial charge < -0.3 is 5.32 Å². The van der Waals surface area contributed by atoms with Gasteiger partial charge in [0.2, 0.25) is 5.91 Å². The molecule has 1 N–H and O–H groups in total. The molecular formula is C23H29N3O2S2. The van der Waals surface area contributed by atoms with Gasteiger partial charge in [0.1, 0.15) is 0 Å². The van der Waals surface area contributed by atoms with Gasteiger partial charge >= 0.3 is 0 Å². The molecule has 1 saturated carbocycles. The lowest BCUT2D eigenvalue weighted by molar-refractivity contribution is -0.119. The maximum Gasteiger partial charge on any atom is 0.268 e. The van der Waals surface area contributed by atoms with Gasteiger partial charge in [-0.2, -0.15) is 0 Å². The van der Waals surface area contributed by atoms with Crippen molar-refractivity contribution in [3.63, 3.8) is 0 Å². The molecule has 4 rings (SSSR count). The average molecular weight is 444 g/mol. The minimum Gasteiger partial charge on any atom is -0.353 e. The van der Waals surface area contributed by atoms with Crippen molar-refractivity contribution in [3.8, 4) is 0 Å². The van der Waals surface area contributed by atoms with Crippen LogP contribution in [-0.4, -0.2) is 32.5 Å². The number of amides is 1. The second kappa shape index (κ2) is 10.1.